The zero-order valence-corrected chi connectivity index (χ0v) is 14.8. The van der Waals surface area contributed by atoms with E-state index in [1.165, 1.54) is 12.1 Å². The highest BCUT2D eigenvalue weighted by molar-refractivity contribution is 6.22. The minimum Gasteiger partial charge on any atom is -0.268 e. The molecule has 1 aromatic rings. The van der Waals surface area contributed by atoms with E-state index in [9.17, 15) is 27.2 Å². The Bertz CT molecular complexity index is 891. The lowest BCUT2D eigenvalue weighted by atomic mass is 9.65. The molecule has 0 saturated heterocycles. The molecule has 0 N–H and O–H groups in total. The summed E-state index contributed by atoms with van der Waals surface area (Å²) in [5.74, 6) is -21.7. The summed E-state index contributed by atoms with van der Waals surface area (Å²) < 4.78 is 104. The number of benzene rings is 1. The molecule has 0 radical (unpaired) electrons. The molecular weight excluding hydrogens is 395 g/mol. The van der Waals surface area contributed by atoms with Gasteiger partial charge in [-0.1, -0.05) is 26.0 Å². The van der Waals surface area contributed by atoms with Crippen LogP contribution in [0.15, 0.2) is 35.9 Å². The summed E-state index contributed by atoms with van der Waals surface area (Å²) in [5, 5.41) is 0. The van der Waals surface area contributed by atoms with Gasteiger partial charge in [0, 0.05) is 0 Å². The third-order valence-corrected chi connectivity index (χ3v) is 5.42. The van der Waals surface area contributed by atoms with Gasteiger partial charge in [-0.05, 0) is 25.0 Å². The van der Waals surface area contributed by atoms with E-state index in [2.05, 4.69) is 0 Å². The van der Waals surface area contributed by atoms with Gasteiger partial charge in [-0.25, -0.2) is 26.9 Å². The Labute approximate surface area is 154 Å². The Kier molecular flexibility index (Phi) is 4.05. The molecule has 1 aliphatic carbocycles. The average molecular weight is 409 g/mol. The second kappa shape index (κ2) is 5.57. The second-order valence-corrected chi connectivity index (χ2v) is 7.19. The summed E-state index contributed by atoms with van der Waals surface area (Å²) in [6, 6.07) is 4.55. The van der Waals surface area contributed by atoms with Crippen molar-refractivity contribution in [2.45, 2.75) is 43.8 Å². The number of rotatable bonds is 2. The Morgan fingerprint density at radius 2 is 1.29 bits per heavy atom. The molecule has 0 fully saturated rings. The van der Waals surface area contributed by atoms with Crippen LogP contribution in [0.4, 0.5) is 30.7 Å². The molecule has 2 amide bonds. The Hall–Kier alpha value is -2.39. The summed E-state index contributed by atoms with van der Waals surface area (Å²) in [4.78, 5) is 24.3. The third kappa shape index (κ3) is 1.90. The molecule has 0 bridgehead atoms. The number of carbonyl (C=O) groups is 2. The van der Waals surface area contributed by atoms with Gasteiger partial charge in [-0.3, -0.25) is 9.59 Å². The molecule has 0 aromatic heterocycles. The van der Waals surface area contributed by atoms with Crippen molar-refractivity contribution < 1.29 is 40.3 Å². The van der Waals surface area contributed by atoms with Crippen LogP contribution >= 0.6 is 0 Å². The summed E-state index contributed by atoms with van der Waals surface area (Å²) in [5.41, 5.74) is -10.1. The van der Waals surface area contributed by atoms with E-state index in [4.69, 9.17) is 0 Å². The molecule has 1 aromatic carbocycles. The highest BCUT2D eigenvalue weighted by atomic mass is 19.3. The van der Waals surface area contributed by atoms with Crippen molar-refractivity contribution in [3.63, 3.8) is 0 Å². The van der Waals surface area contributed by atoms with Crippen LogP contribution in [0.3, 0.4) is 0 Å². The first kappa shape index (κ1) is 20.3. The van der Waals surface area contributed by atoms with E-state index >= 15 is 13.2 Å². The number of fused-ring (bicyclic) bond motifs is 1. The Balaban J connectivity index is 2.36. The second-order valence-electron chi connectivity index (χ2n) is 7.19. The summed E-state index contributed by atoms with van der Waals surface area (Å²) >= 11 is 0. The first-order chi connectivity index (χ1) is 12.7. The zero-order valence-electron chi connectivity index (χ0n) is 14.8. The van der Waals surface area contributed by atoms with E-state index in [1.807, 2.05) is 0 Å². The highest BCUT2D eigenvalue weighted by Crippen LogP contribution is 2.64. The number of hydrogen-bond acceptors (Lipinski definition) is 2. The van der Waals surface area contributed by atoms with Gasteiger partial charge >= 0.3 is 5.92 Å². The SMILES string of the molecule is CC(C)C1(F)C(F)(F)C(F)=C(F)C(F)(N2C(=O)c3ccccc3C2=O)C1(C)F. The van der Waals surface area contributed by atoms with Crippen LogP contribution in [0.2, 0.25) is 0 Å². The number of halogens is 7. The van der Waals surface area contributed by atoms with Crippen LogP contribution in [0.1, 0.15) is 41.5 Å². The number of hydrogen-bond donors (Lipinski definition) is 0. The predicted molar refractivity (Wildman–Crippen MR) is 83.2 cm³/mol. The standard InChI is InChI=1S/C18H14F7NO2/c1-8(2)16(22)15(3,21)18(25,12(20)11(19)17(16,23)24)26-13(27)9-6-4-5-7-10(9)14(26)28/h4-8H,1-3H3. The summed E-state index contributed by atoms with van der Waals surface area (Å²) in [6.45, 7) is 1.37. The zero-order chi connectivity index (χ0) is 21.4. The van der Waals surface area contributed by atoms with E-state index in [1.54, 1.807) is 0 Å². The van der Waals surface area contributed by atoms with E-state index in [0.717, 1.165) is 12.1 Å². The van der Waals surface area contributed by atoms with Gasteiger partial charge in [0.1, 0.15) is 0 Å². The maximum atomic E-state index is 15.8. The van der Waals surface area contributed by atoms with Crippen LogP contribution < -0.4 is 0 Å². The molecule has 28 heavy (non-hydrogen) atoms. The molecule has 2 aliphatic rings. The molecule has 3 atom stereocenters. The van der Waals surface area contributed by atoms with E-state index in [0.29, 0.717) is 13.8 Å². The molecule has 3 nitrogen and oxygen atoms in total. The maximum Gasteiger partial charge on any atom is 0.338 e. The number of carbonyl (C=O) groups excluding carboxylic acids is 2. The van der Waals surface area contributed by atoms with Gasteiger partial charge in [0.2, 0.25) is 17.2 Å². The van der Waals surface area contributed by atoms with Crippen molar-refractivity contribution >= 4 is 11.8 Å². The molecule has 0 spiro atoms. The first-order valence-electron chi connectivity index (χ1n) is 8.17. The van der Waals surface area contributed by atoms with Crippen molar-refractivity contribution in [3.05, 3.63) is 47.0 Å². The van der Waals surface area contributed by atoms with Crippen LogP contribution in [0.25, 0.3) is 0 Å². The topological polar surface area (TPSA) is 37.4 Å². The van der Waals surface area contributed by atoms with Crippen molar-refractivity contribution in [1.82, 2.24) is 4.90 Å². The monoisotopic (exact) mass is 409 g/mol. The first-order valence-corrected chi connectivity index (χ1v) is 8.17. The summed E-state index contributed by atoms with van der Waals surface area (Å²) in [6.07, 6.45) is 0. The molecule has 1 aliphatic heterocycles. The third-order valence-electron chi connectivity index (χ3n) is 5.42. The molecule has 10 heteroatoms. The van der Waals surface area contributed by atoms with Crippen molar-refractivity contribution in [2.24, 2.45) is 5.92 Å². The maximum absolute atomic E-state index is 15.8. The molecule has 0 saturated carbocycles. The lowest BCUT2D eigenvalue weighted by Gasteiger charge is -2.53. The van der Waals surface area contributed by atoms with Gasteiger partial charge in [-0.15, -0.1) is 0 Å². The molecule has 152 valence electrons. The van der Waals surface area contributed by atoms with Crippen LogP contribution in [-0.4, -0.2) is 39.8 Å². The quantitative estimate of drug-likeness (QED) is 0.398. The number of amides is 2. The highest BCUT2D eigenvalue weighted by Gasteiger charge is 2.84. The number of imide groups is 1. The number of nitrogens with zero attached hydrogens (tertiary/aromatic N) is 1. The Morgan fingerprint density at radius 1 is 0.857 bits per heavy atom. The average Bonchev–Trinajstić information content (AvgIpc) is 2.89. The fourth-order valence-corrected chi connectivity index (χ4v) is 3.87. The lowest BCUT2D eigenvalue weighted by Crippen LogP contribution is -2.76. The van der Waals surface area contributed by atoms with Crippen molar-refractivity contribution in [3.8, 4) is 0 Å². The van der Waals surface area contributed by atoms with Gasteiger partial charge < -0.3 is 0 Å². The van der Waals surface area contributed by atoms with Crippen LogP contribution in [0, 0.1) is 5.92 Å². The minimum absolute atomic E-state index is 0.0591. The van der Waals surface area contributed by atoms with Gasteiger partial charge in [-0.2, -0.15) is 8.78 Å². The molecule has 1 heterocycles. The van der Waals surface area contributed by atoms with Gasteiger partial charge in [0.25, 0.3) is 17.6 Å². The van der Waals surface area contributed by atoms with Crippen molar-refractivity contribution in [1.29, 1.82) is 0 Å². The number of allylic oxidation sites excluding steroid dienone is 1. The molecule has 3 unspecified atom stereocenters. The molecular formula is C18H14F7NO2. The summed E-state index contributed by atoms with van der Waals surface area (Å²) in [7, 11) is 0. The lowest BCUT2D eigenvalue weighted by molar-refractivity contribution is -0.273. The van der Waals surface area contributed by atoms with Crippen LogP contribution in [0.5, 0.6) is 0 Å². The smallest absolute Gasteiger partial charge is 0.268 e. The molecule has 3 rings (SSSR count). The number of alkyl halides is 5. The van der Waals surface area contributed by atoms with Crippen LogP contribution in [-0.2, 0) is 0 Å². The largest absolute Gasteiger partial charge is 0.338 e. The van der Waals surface area contributed by atoms with E-state index in [-0.39, 0.29) is 6.92 Å². The normalized spacial score (nSPS) is 35.0. The predicted octanol–water partition coefficient (Wildman–Crippen LogP) is 4.84. The van der Waals surface area contributed by atoms with Gasteiger partial charge in [0.15, 0.2) is 5.83 Å². The van der Waals surface area contributed by atoms with E-state index < -0.39 is 68.5 Å². The fraction of sp³-hybridized carbons (Fsp3) is 0.444. The Morgan fingerprint density at radius 3 is 1.68 bits per heavy atom. The minimum atomic E-state index is -5.39. The van der Waals surface area contributed by atoms with Crippen molar-refractivity contribution in [2.75, 3.05) is 0 Å². The van der Waals surface area contributed by atoms with Gasteiger partial charge in [0.05, 0.1) is 11.1 Å². The fourth-order valence-electron chi connectivity index (χ4n) is 3.87.